The third-order valence-corrected chi connectivity index (χ3v) is 3.00. The maximum atomic E-state index is 11.5. The van der Waals surface area contributed by atoms with Gasteiger partial charge in [0.15, 0.2) is 5.16 Å². The van der Waals surface area contributed by atoms with E-state index in [9.17, 15) is 9.59 Å². The van der Waals surface area contributed by atoms with Crippen LogP contribution in [-0.4, -0.2) is 40.9 Å². The lowest BCUT2D eigenvalue weighted by Gasteiger charge is -2.05. The van der Waals surface area contributed by atoms with Gasteiger partial charge in [0.1, 0.15) is 11.4 Å². The van der Waals surface area contributed by atoms with E-state index in [2.05, 4.69) is 9.97 Å². The van der Waals surface area contributed by atoms with Crippen molar-refractivity contribution in [3.63, 3.8) is 0 Å². The third kappa shape index (κ3) is 5.04. The van der Waals surface area contributed by atoms with Gasteiger partial charge in [-0.05, 0) is 13.8 Å². The maximum Gasteiger partial charge on any atom is 0.343 e. The molecule has 0 saturated heterocycles. The standard InChI is InChI=1S/C12H17N3O4S/c1-3-18-9(16)5-6-20-12-14-7-8(10(13)15-12)11(17)19-4-2/h7H,3-6H2,1-2H3,(H2,13,14,15). The number of hydrogen-bond donors (Lipinski definition) is 1. The van der Waals surface area contributed by atoms with Crippen LogP contribution in [0.25, 0.3) is 0 Å². The topological polar surface area (TPSA) is 104 Å². The summed E-state index contributed by atoms with van der Waals surface area (Å²) >= 11 is 1.27. The van der Waals surface area contributed by atoms with Crippen LogP contribution >= 0.6 is 11.8 Å². The first-order valence-electron chi connectivity index (χ1n) is 6.16. The zero-order valence-corrected chi connectivity index (χ0v) is 12.2. The van der Waals surface area contributed by atoms with Crippen molar-refractivity contribution in [1.82, 2.24) is 9.97 Å². The highest BCUT2D eigenvalue weighted by Crippen LogP contribution is 2.17. The van der Waals surface area contributed by atoms with E-state index in [1.165, 1.54) is 18.0 Å². The predicted molar refractivity (Wildman–Crippen MR) is 74.4 cm³/mol. The summed E-state index contributed by atoms with van der Waals surface area (Å²) in [5.74, 6) is -0.266. The largest absolute Gasteiger partial charge is 0.466 e. The normalized spacial score (nSPS) is 10.1. The number of anilines is 1. The minimum Gasteiger partial charge on any atom is -0.466 e. The Balaban J connectivity index is 2.55. The number of thioether (sulfide) groups is 1. The van der Waals surface area contributed by atoms with Crippen LogP contribution in [0, 0.1) is 0 Å². The van der Waals surface area contributed by atoms with Crippen molar-refractivity contribution in [2.45, 2.75) is 25.4 Å². The lowest BCUT2D eigenvalue weighted by atomic mass is 10.3. The Morgan fingerprint density at radius 1 is 1.30 bits per heavy atom. The lowest BCUT2D eigenvalue weighted by Crippen LogP contribution is -2.11. The average Bonchev–Trinajstić information content (AvgIpc) is 2.39. The van der Waals surface area contributed by atoms with Crippen molar-refractivity contribution < 1.29 is 19.1 Å². The molecule has 7 nitrogen and oxygen atoms in total. The molecule has 0 spiro atoms. The van der Waals surface area contributed by atoms with Crippen molar-refractivity contribution in [2.75, 3.05) is 24.7 Å². The highest BCUT2D eigenvalue weighted by molar-refractivity contribution is 7.99. The average molecular weight is 299 g/mol. The number of carbonyl (C=O) groups is 2. The molecule has 0 saturated carbocycles. The molecule has 0 aliphatic rings. The molecule has 1 aromatic rings. The highest BCUT2D eigenvalue weighted by Gasteiger charge is 2.14. The van der Waals surface area contributed by atoms with Gasteiger partial charge in [0.25, 0.3) is 0 Å². The number of nitrogen functional groups attached to an aromatic ring is 1. The summed E-state index contributed by atoms with van der Waals surface area (Å²) in [6.45, 7) is 4.08. The minimum absolute atomic E-state index is 0.0667. The third-order valence-electron chi connectivity index (χ3n) is 2.13. The van der Waals surface area contributed by atoms with Gasteiger partial charge >= 0.3 is 11.9 Å². The van der Waals surface area contributed by atoms with Gasteiger partial charge in [-0.1, -0.05) is 11.8 Å². The van der Waals surface area contributed by atoms with Crippen LogP contribution in [0.1, 0.15) is 30.6 Å². The zero-order chi connectivity index (χ0) is 15.0. The van der Waals surface area contributed by atoms with E-state index in [-0.39, 0.29) is 30.4 Å². The molecule has 0 amide bonds. The summed E-state index contributed by atoms with van der Waals surface area (Å²) in [7, 11) is 0. The summed E-state index contributed by atoms with van der Waals surface area (Å²) in [5, 5.41) is 0.403. The summed E-state index contributed by atoms with van der Waals surface area (Å²) < 4.78 is 9.62. The van der Waals surface area contributed by atoms with Crippen LogP contribution in [0.5, 0.6) is 0 Å². The van der Waals surface area contributed by atoms with E-state index in [4.69, 9.17) is 15.2 Å². The number of aromatic nitrogens is 2. The maximum absolute atomic E-state index is 11.5. The second-order valence-electron chi connectivity index (χ2n) is 3.58. The smallest absolute Gasteiger partial charge is 0.343 e. The Kier molecular flexibility index (Phi) is 6.78. The molecule has 2 N–H and O–H groups in total. The van der Waals surface area contributed by atoms with Crippen LogP contribution in [0.2, 0.25) is 0 Å². The van der Waals surface area contributed by atoms with Crippen LogP contribution in [0.15, 0.2) is 11.4 Å². The fourth-order valence-corrected chi connectivity index (χ4v) is 2.01. The first kappa shape index (κ1) is 16.2. The quantitative estimate of drug-likeness (QED) is 0.456. The van der Waals surface area contributed by atoms with E-state index in [1.807, 2.05) is 0 Å². The van der Waals surface area contributed by atoms with Gasteiger partial charge in [-0.3, -0.25) is 4.79 Å². The predicted octanol–water partition coefficient (Wildman–Crippen LogP) is 1.28. The molecule has 1 heterocycles. The van der Waals surface area contributed by atoms with Gasteiger partial charge in [-0.15, -0.1) is 0 Å². The molecule has 1 rings (SSSR count). The number of esters is 2. The van der Waals surface area contributed by atoms with Gasteiger partial charge in [0.05, 0.1) is 19.6 Å². The van der Waals surface area contributed by atoms with Crippen molar-refractivity contribution in [3.05, 3.63) is 11.8 Å². The number of rotatable bonds is 7. The summed E-state index contributed by atoms with van der Waals surface area (Å²) in [6, 6.07) is 0. The summed E-state index contributed by atoms with van der Waals surface area (Å²) in [4.78, 5) is 30.7. The molecule has 0 radical (unpaired) electrons. The van der Waals surface area contributed by atoms with Gasteiger partial charge in [-0.25, -0.2) is 14.8 Å². The van der Waals surface area contributed by atoms with Crippen molar-refractivity contribution in [1.29, 1.82) is 0 Å². The van der Waals surface area contributed by atoms with E-state index < -0.39 is 5.97 Å². The molecule has 0 bridgehead atoms. The van der Waals surface area contributed by atoms with E-state index in [0.29, 0.717) is 17.5 Å². The second kappa shape index (κ2) is 8.36. The SMILES string of the molecule is CCOC(=O)CCSc1ncc(C(=O)OCC)c(N)n1. The molecule has 20 heavy (non-hydrogen) atoms. The summed E-state index contributed by atoms with van der Waals surface area (Å²) in [6.07, 6.45) is 1.59. The van der Waals surface area contributed by atoms with Gasteiger partial charge in [0.2, 0.25) is 0 Å². The molecule has 0 unspecified atom stereocenters. The molecular formula is C12H17N3O4S. The Morgan fingerprint density at radius 2 is 2.00 bits per heavy atom. The Bertz CT molecular complexity index is 482. The minimum atomic E-state index is -0.548. The molecule has 0 fully saturated rings. The summed E-state index contributed by atoms with van der Waals surface area (Å²) in [5.41, 5.74) is 5.82. The Hall–Kier alpha value is -1.83. The molecule has 0 aliphatic carbocycles. The fourth-order valence-electron chi connectivity index (χ4n) is 1.27. The van der Waals surface area contributed by atoms with Gasteiger partial charge in [0, 0.05) is 11.9 Å². The zero-order valence-electron chi connectivity index (χ0n) is 11.4. The molecule has 0 atom stereocenters. The second-order valence-corrected chi connectivity index (χ2v) is 4.64. The first-order chi connectivity index (χ1) is 9.58. The van der Waals surface area contributed by atoms with Crippen LogP contribution in [-0.2, 0) is 14.3 Å². The molecule has 110 valence electrons. The molecule has 1 aromatic heterocycles. The number of carbonyl (C=O) groups excluding carboxylic acids is 2. The van der Waals surface area contributed by atoms with Crippen molar-refractivity contribution in [3.8, 4) is 0 Å². The molecule has 0 aromatic carbocycles. The highest BCUT2D eigenvalue weighted by atomic mass is 32.2. The monoisotopic (exact) mass is 299 g/mol. The Labute approximate surface area is 121 Å². The number of ether oxygens (including phenoxy) is 2. The van der Waals surface area contributed by atoms with Gasteiger partial charge < -0.3 is 15.2 Å². The van der Waals surface area contributed by atoms with Crippen molar-refractivity contribution in [2.24, 2.45) is 0 Å². The number of nitrogens with zero attached hydrogens (tertiary/aromatic N) is 2. The molecule has 0 aliphatic heterocycles. The first-order valence-corrected chi connectivity index (χ1v) is 7.15. The van der Waals surface area contributed by atoms with Crippen LogP contribution in [0.4, 0.5) is 5.82 Å². The number of nitrogens with two attached hydrogens (primary N) is 1. The van der Waals surface area contributed by atoms with Crippen LogP contribution in [0.3, 0.4) is 0 Å². The number of hydrogen-bond acceptors (Lipinski definition) is 8. The van der Waals surface area contributed by atoms with Gasteiger partial charge in [-0.2, -0.15) is 0 Å². The van der Waals surface area contributed by atoms with E-state index >= 15 is 0 Å². The van der Waals surface area contributed by atoms with E-state index in [0.717, 1.165) is 0 Å². The van der Waals surface area contributed by atoms with Crippen molar-refractivity contribution >= 4 is 29.5 Å². The molecule has 8 heteroatoms. The Morgan fingerprint density at radius 3 is 2.60 bits per heavy atom. The lowest BCUT2D eigenvalue weighted by molar-refractivity contribution is -0.142. The van der Waals surface area contributed by atoms with Crippen LogP contribution < -0.4 is 5.73 Å². The fraction of sp³-hybridized carbons (Fsp3) is 0.500. The van der Waals surface area contributed by atoms with E-state index in [1.54, 1.807) is 13.8 Å². The molecular weight excluding hydrogens is 282 g/mol.